The molecule has 0 heterocycles. The zero-order valence-electron chi connectivity index (χ0n) is 15.0. The standard InChI is InChI=1S/C21H13Cl2NO4S/c1-12(25)15-4-2-3-5-16(15)21(26)13-6-9-20(19(10-13)24(27)28)29-14-7-8-17(22)18(23)11-14/h2-11H,1H3. The van der Waals surface area contributed by atoms with Crippen molar-refractivity contribution < 1.29 is 14.5 Å². The van der Waals surface area contributed by atoms with Crippen LogP contribution < -0.4 is 0 Å². The Morgan fingerprint density at radius 2 is 1.62 bits per heavy atom. The van der Waals surface area contributed by atoms with E-state index in [4.69, 9.17) is 23.2 Å². The van der Waals surface area contributed by atoms with E-state index in [0.29, 0.717) is 19.8 Å². The minimum absolute atomic E-state index is 0.129. The number of nitrogens with zero attached hydrogens (tertiary/aromatic N) is 1. The van der Waals surface area contributed by atoms with Crippen LogP contribution in [0.3, 0.4) is 0 Å². The van der Waals surface area contributed by atoms with Gasteiger partial charge in [0.2, 0.25) is 0 Å². The molecule has 0 aliphatic rings. The summed E-state index contributed by atoms with van der Waals surface area (Å²) in [5.74, 6) is -0.708. The van der Waals surface area contributed by atoms with Gasteiger partial charge in [-0.3, -0.25) is 19.7 Å². The Labute approximate surface area is 180 Å². The quantitative estimate of drug-likeness (QED) is 0.246. The predicted octanol–water partition coefficient (Wildman–Crippen LogP) is 6.49. The maximum atomic E-state index is 12.9. The lowest BCUT2D eigenvalue weighted by Gasteiger charge is -2.08. The SMILES string of the molecule is CC(=O)c1ccccc1C(=O)c1ccc(Sc2ccc(Cl)c(Cl)c2)c([N+](=O)[O-])c1. The maximum absolute atomic E-state index is 12.9. The number of rotatable bonds is 6. The van der Waals surface area contributed by atoms with E-state index in [9.17, 15) is 19.7 Å². The van der Waals surface area contributed by atoms with E-state index >= 15 is 0 Å². The van der Waals surface area contributed by atoms with E-state index in [1.54, 1.807) is 36.4 Å². The third-order valence-electron chi connectivity index (χ3n) is 4.09. The van der Waals surface area contributed by atoms with Crippen LogP contribution in [0.25, 0.3) is 0 Å². The molecule has 0 aliphatic heterocycles. The van der Waals surface area contributed by atoms with Crippen molar-refractivity contribution in [3.8, 4) is 0 Å². The van der Waals surface area contributed by atoms with Crippen LogP contribution in [0, 0.1) is 10.1 Å². The van der Waals surface area contributed by atoms with Gasteiger partial charge >= 0.3 is 0 Å². The second-order valence-corrected chi connectivity index (χ2v) is 7.98. The van der Waals surface area contributed by atoms with Gasteiger partial charge in [-0.05, 0) is 37.3 Å². The Morgan fingerprint density at radius 3 is 2.24 bits per heavy atom. The molecule has 5 nitrogen and oxygen atoms in total. The molecule has 0 bridgehead atoms. The highest BCUT2D eigenvalue weighted by Gasteiger charge is 2.21. The van der Waals surface area contributed by atoms with E-state index in [0.717, 1.165) is 11.8 Å². The van der Waals surface area contributed by atoms with Crippen LogP contribution in [-0.4, -0.2) is 16.5 Å². The number of hydrogen-bond donors (Lipinski definition) is 0. The van der Waals surface area contributed by atoms with Gasteiger partial charge < -0.3 is 0 Å². The molecular formula is C21H13Cl2NO4S. The predicted molar refractivity (Wildman–Crippen MR) is 114 cm³/mol. The Kier molecular flexibility index (Phi) is 6.37. The fourth-order valence-electron chi connectivity index (χ4n) is 2.70. The lowest BCUT2D eigenvalue weighted by molar-refractivity contribution is -0.387. The highest BCUT2D eigenvalue weighted by atomic mass is 35.5. The highest BCUT2D eigenvalue weighted by Crippen LogP contribution is 2.38. The first-order chi connectivity index (χ1) is 13.8. The summed E-state index contributed by atoms with van der Waals surface area (Å²) in [5, 5.41) is 12.3. The first-order valence-electron chi connectivity index (χ1n) is 8.34. The van der Waals surface area contributed by atoms with Gasteiger partial charge in [-0.2, -0.15) is 0 Å². The number of hydrogen-bond acceptors (Lipinski definition) is 5. The van der Waals surface area contributed by atoms with Gasteiger partial charge in [0.25, 0.3) is 5.69 Å². The van der Waals surface area contributed by atoms with Crippen LogP contribution in [0.4, 0.5) is 5.69 Å². The summed E-state index contributed by atoms with van der Waals surface area (Å²) in [6.45, 7) is 1.37. The number of carbonyl (C=O) groups excluding carboxylic acids is 2. The van der Waals surface area contributed by atoms with Crippen molar-refractivity contribution in [2.24, 2.45) is 0 Å². The summed E-state index contributed by atoms with van der Waals surface area (Å²) in [7, 11) is 0. The van der Waals surface area contributed by atoms with Gasteiger partial charge in [0.15, 0.2) is 11.6 Å². The average Bonchev–Trinajstić information content (AvgIpc) is 2.70. The third kappa shape index (κ3) is 4.67. The van der Waals surface area contributed by atoms with Gasteiger partial charge in [0, 0.05) is 27.7 Å². The fraction of sp³-hybridized carbons (Fsp3) is 0.0476. The highest BCUT2D eigenvalue weighted by molar-refractivity contribution is 7.99. The fourth-order valence-corrected chi connectivity index (χ4v) is 4.00. The van der Waals surface area contributed by atoms with Crippen LogP contribution in [0.2, 0.25) is 10.0 Å². The third-order valence-corrected chi connectivity index (χ3v) is 5.88. The molecule has 3 aromatic rings. The molecule has 0 radical (unpaired) electrons. The molecular weight excluding hydrogens is 433 g/mol. The summed E-state index contributed by atoms with van der Waals surface area (Å²) in [4.78, 5) is 36.8. The Hall–Kier alpha value is -2.67. The molecule has 0 fully saturated rings. The molecule has 0 aromatic heterocycles. The van der Waals surface area contributed by atoms with Crippen LogP contribution in [0.15, 0.2) is 70.5 Å². The minimum atomic E-state index is -0.548. The molecule has 0 saturated heterocycles. The molecule has 146 valence electrons. The number of carbonyl (C=O) groups is 2. The topological polar surface area (TPSA) is 77.3 Å². The van der Waals surface area contributed by atoms with E-state index in [2.05, 4.69) is 0 Å². The van der Waals surface area contributed by atoms with Gasteiger partial charge in [-0.15, -0.1) is 0 Å². The summed E-state index contributed by atoms with van der Waals surface area (Å²) < 4.78 is 0. The number of benzene rings is 3. The van der Waals surface area contributed by atoms with Crippen LogP contribution in [0.5, 0.6) is 0 Å². The monoisotopic (exact) mass is 445 g/mol. The molecule has 0 atom stereocenters. The van der Waals surface area contributed by atoms with Gasteiger partial charge in [-0.25, -0.2) is 0 Å². The molecule has 0 spiro atoms. The van der Waals surface area contributed by atoms with Crippen molar-refractivity contribution in [1.82, 2.24) is 0 Å². The normalized spacial score (nSPS) is 10.6. The zero-order valence-corrected chi connectivity index (χ0v) is 17.3. The number of nitro benzene ring substituents is 1. The lowest BCUT2D eigenvalue weighted by atomic mass is 9.96. The molecule has 0 unspecified atom stereocenters. The molecule has 0 aliphatic carbocycles. The Balaban J connectivity index is 2.00. The molecule has 0 amide bonds. The molecule has 3 aromatic carbocycles. The van der Waals surface area contributed by atoms with E-state index < -0.39 is 10.7 Å². The van der Waals surface area contributed by atoms with Crippen LogP contribution >= 0.6 is 35.0 Å². The number of ketones is 2. The molecule has 8 heteroatoms. The van der Waals surface area contributed by atoms with Gasteiger partial charge in [-0.1, -0.05) is 59.2 Å². The Morgan fingerprint density at radius 1 is 0.931 bits per heavy atom. The van der Waals surface area contributed by atoms with Crippen LogP contribution in [-0.2, 0) is 0 Å². The summed E-state index contributed by atoms with van der Waals surface area (Å²) in [6.07, 6.45) is 0. The molecule has 0 saturated carbocycles. The van der Waals surface area contributed by atoms with E-state index in [1.807, 2.05) is 0 Å². The van der Waals surface area contributed by atoms with Crippen molar-refractivity contribution in [3.05, 3.63) is 97.5 Å². The molecule has 29 heavy (non-hydrogen) atoms. The lowest BCUT2D eigenvalue weighted by Crippen LogP contribution is -2.08. The Bertz CT molecular complexity index is 1150. The average molecular weight is 446 g/mol. The summed E-state index contributed by atoms with van der Waals surface area (Å²) >= 11 is 13.0. The second kappa shape index (κ2) is 8.78. The number of Topliss-reactive ketones (excluding diaryl/α,β-unsaturated/α-hetero) is 1. The molecule has 3 rings (SSSR count). The summed E-state index contributed by atoms with van der Waals surface area (Å²) in [6, 6.07) is 15.5. The number of halogens is 2. The second-order valence-electron chi connectivity index (χ2n) is 6.05. The summed E-state index contributed by atoms with van der Waals surface area (Å²) in [5.41, 5.74) is 0.393. The van der Waals surface area contributed by atoms with Gasteiger partial charge in [0.1, 0.15) is 0 Å². The van der Waals surface area contributed by atoms with E-state index in [1.165, 1.54) is 31.2 Å². The largest absolute Gasteiger partial charge is 0.294 e. The van der Waals surface area contributed by atoms with Crippen molar-refractivity contribution in [3.63, 3.8) is 0 Å². The first-order valence-corrected chi connectivity index (χ1v) is 9.91. The van der Waals surface area contributed by atoms with Crippen molar-refractivity contribution >= 4 is 52.2 Å². The van der Waals surface area contributed by atoms with Crippen molar-refractivity contribution in [2.75, 3.05) is 0 Å². The van der Waals surface area contributed by atoms with Crippen molar-refractivity contribution in [2.45, 2.75) is 16.7 Å². The first kappa shape index (κ1) is 21.0. The van der Waals surface area contributed by atoms with Crippen molar-refractivity contribution in [1.29, 1.82) is 0 Å². The zero-order chi connectivity index (χ0) is 21.1. The molecule has 0 N–H and O–H groups in total. The maximum Gasteiger partial charge on any atom is 0.283 e. The van der Waals surface area contributed by atoms with Crippen LogP contribution in [0.1, 0.15) is 33.2 Å². The van der Waals surface area contributed by atoms with E-state index in [-0.39, 0.29) is 28.2 Å². The van der Waals surface area contributed by atoms with Gasteiger partial charge in [0.05, 0.1) is 19.9 Å². The smallest absolute Gasteiger partial charge is 0.283 e. The minimum Gasteiger partial charge on any atom is -0.294 e. The number of nitro groups is 1.